The number of nitrogens with one attached hydrogen (secondary N) is 1. The molecule has 0 radical (unpaired) electrons. The molecule has 1 aliphatic heterocycles. The van der Waals surface area contributed by atoms with Gasteiger partial charge < -0.3 is 5.32 Å². The first kappa shape index (κ1) is 17.4. The van der Waals surface area contributed by atoms with Crippen LogP contribution in [-0.4, -0.2) is 16.7 Å². The lowest BCUT2D eigenvalue weighted by Gasteiger charge is -2.16. The van der Waals surface area contributed by atoms with E-state index in [9.17, 15) is 19.7 Å². The van der Waals surface area contributed by atoms with E-state index in [4.69, 9.17) is 0 Å². The van der Waals surface area contributed by atoms with Crippen molar-refractivity contribution in [3.8, 4) is 0 Å². The Balaban J connectivity index is 1.62. The van der Waals surface area contributed by atoms with Crippen molar-refractivity contribution in [1.82, 2.24) is 0 Å². The Kier molecular flexibility index (Phi) is 4.49. The maximum Gasteiger partial charge on any atom is 0.294 e. The molecular weight excluding hydrogens is 366 g/mol. The third-order valence-electron chi connectivity index (χ3n) is 4.98. The predicted molar refractivity (Wildman–Crippen MR) is 103 cm³/mol. The molecule has 2 atom stereocenters. The summed E-state index contributed by atoms with van der Waals surface area (Å²) in [5.41, 5.74) is 0.459. The van der Waals surface area contributed by atoms with Crippen LogP contribution in [0.25, 0.3) is 0 Å². The Bertz CT molecular complexity index is 912. The van der Waals surface area contributed by atoms with Gasteiger partial charge in [-0.3, -0.25) is 19.7 Å². The molecule has 1 fully saturated rings. The molecule has 0 spiro atoms. The van der Waals surface area contributed by atoms with Crippen LogP contribution in [-0.2, 0) is 16.1 Å². The highest BCUT2D eigenvalue weighted by molar-refractivity contribution is 7.09. The van der Waals surface area contributed by atoms with Crippen LogP contribution in [0.5, 0.6) is 0 Å². The van der Waals surface area contributed by atoms with Gasteiger partial charge in [-0.15, -0.1) is 11.3 Å². The van der Waals surface area contributed by atoms with Crippen LogP contribution in [0.15, 0.2) is 47.9 Å². The van der Waals surface area contributed by atoms with E-state index in [1.807, 2.05) is 29.7 Å². The number of hydrogen-bond donors (Lipinski definition) is 1. The van der Waals surface area contributed by atoms with E-state index >= 15 is 0 Å². The lowest BCUT2D eigenvalue weighted by molar-refractivity contribution is -0.383. The molecule has 1 aromatic carbocycles. The van der Waals surface area contributed by atoms with Gasteiger partial charge >= 0.3 is 0 Å². The van der Waals surface area contributed by atoms with Gasteiger partial charge in [0.2, 0.25) is 11.8 Å². The number of benzene rings is 1. The number of allylic oxidation sites excluding steroid dienone is 2. The molecule has 1 aliphatic carbocycles. The second-order valence-corrected chi connectivity index (χ2v) is 7.59. The monoisotopic (exact) mass is 383 g/mol. The molecule has 1 saturated heterocycles. The number of carbonyl (C=O) groups excluding carboxylic acids is 2. The van der Waals surface area contributed by atoms with Crippen molar-refractivity contribution >= 4 is 40.2 Å². The summed E-state index contributed by atoms with van der Waals surface area (Å²) in [6, 6.07) is 8.30. The number of anilines is 2. The Morgan fingerprint density at radius 3 is 2.44 bits per heavy atom. The smallest absolute Gasteiger partial charge is 0.294 e. The van der Waals surface area contributed by atoms with E-state index in [1.165, 1.54) is 6.07 Å². The van der Waals surface area contributed by atoms with Crippen molar-refractivity contribution in [3.63, 3.8) is 0 Å². The number of thiophene rings is 1. The third-order valence-corrected chi connectivity index (χ3v) is 5.85. The Labute approximate surface area is 159 Å². The standard InChI is InChI=1S/C19H17N3O4S/c23-18-14-5-1-2-6-15(14)19(24)21(18)12-7-8-16(17(10-12)22(25)26)20-11-13-4-3-9-27-13/h1-4,7-10,14-15,20H,5-6,11H2. The number of imide groups is 1. The molecule has 2 aromatic rings. The Morgan fingerprint density at radius 2 is 1.85 bits per heavy atom. The second kappa shape index (κ2) is 6.96. The van der Waals surface area contributed by atoms with Gasteiger partial charge in [0.05, 0.1) is 22.4 Å². The van der Waals surface area contributed by atoms with E-state index in [2.05, 4.69) is 5.32 Å². The highest BCUT2D eigenvalue weighted by atomic mass is 32.1. The average molecular weight is 383 g/mol. The third kappa shape index (κ3) is 3.12. The maximum absolute atomic E-state index is 12.7. The first-order valence-electron chi connectivity index (χ1n) is 8.64. The van der Waals surface area contributed by atoms with Crippen molar-refractivity contribution in [2.45, 2.75) is 19.4 Å². The molecule has 7 nitrogen and oxygen atoms in total. The minimum Gasteiger partial charge on any atom is -0.375 e. The predicted octanol–water partition coefficient (Wildman–Crippen LogP) is 3.72. The largest absolute Gasteiger partial charge is 0.375 e. The Morgan fingerprint density at radius 1 is 1.15 bits per heavy atom. The second-order valence-electron chi connectivity index (χ2n) is 6.56. The summed E-state index contributed by atoms with van der Waals surface area (Å²) in [5, 5.41) is 16.5. The zero-order chi connectivity index (χ0) is 19.0. The van der Waals surface area contributed by atoms with Crippen LogP contribution in [0.2, 0.25) is 0 Å². The van der Waals surface area contributed by atoms with Crippen LogP contribution < -0.4 is 10.2 Å². The molecule has 8 heteroatoms. The van der Waals surface area contributed by atoms with Crippen molar-refractivity contribution in [2.75, 3.05) is 10.2 Å². The van der Waals surface area contributed by atoms with E-state index in [1.54, 1.807) is 23.5 Å². The van der Waals surface area contributed by atoms with E-state index in [-0.39, 0.29) is 35.0 Å². The first-order chi connectivity index (χ1) is 13.1. The van der Waals surface area contributed by atoms with Crippen molar-refractivity contribution in [2.24, 2.45) is 11.8 Å². The summed E-state index contributed by atoms with van der Waals surface area (Å²) < 4.78 is 0. The van der Waals surface area contributed by atoms with Gasteiger partial charge in [0, 0.05) is 17.5 Å². The van der Waals surface area contributed by atoms with Gasteiger partial charge in [-0.1, -0.05) is 18.2 Å². The van der Waals surface area contributed by atoms with Crippen molar-refractivity contribution in [1.29, 1.82) is 0 Å². The number of rotatable bonds is 5. The van der Waals surface area contributed by atoms with Gasteiger partial charge in [-0.2, -0.15) is 0 Å². The summed E-state index contributed by atoms with van der Waals surface area (Å²) in [7, 11) is 0. The summed E-state index contributed by atoms with van der Waals surface area (Å²) in [6.07, 6.45) is 4.90. The molecule has 4 rings (SSSR count). The van der Waals surface area contributed by atoms with Crippen molar-refractivity contribution in [3.05, 3.63) is 62.9 Å². The number of nitrogens with zero attached hydrogens (tertiary/aromatic N) is 2. The summed E-state index contributed by atoms with van der Waals surface area (Å²) >= 11 is 1.56. The molecule has 138 valence electrons. The van der Waals surface area contributed by atoms with Gasteiger partial charge in [-0.25, -0.2) is 4.90 Å². The minimum absolute atomic E-state index is 0.155. The quantitative estimate of drug-likeness (QED) is 0.368. The van der Waals surface area contributed by atoms with Crippen LogP contribution >= 0.6 is 11.3 Å². The molecule has 0 bridgehead atoms. The highest BCUT2D eigenvalue weighted by Gasteiger charge is 2.48. The molecule has 2 heterocycles. The molecular formula is C19H17N3O4S. The molecule has 2 amide bonds. The minimum atomic E-state index is -0.500. The normalized spacial score (nSPS) is 21.4. The van der Waals surface area contributed by atoms with Crippen molar-refractivity contribution < 1.29 is 14.5 Å². The molecule has 0 saturated carbocycles. The Hall–Kier alpha value is -3.00. The average Bonchev–Trinajstić information content (AvgIpc) is 3.28. The fourth-order valence-electron chi connectivity index (χ4n) is 3.61. The van der Waals surface area contributed by atoms with Crippen LogP contribution in [0.3, 0.4) is 0 Å². The summed E-state index contributed by atoms with van der Waals surface area (Å²) in [6.45, 7) is 0.468. The zero-order valence-corrected chi connectivity index (χ0v) is 15.1. The summed E-state index contributed by atoms with van der Waals surface area (Å²) in [4.78, 5) is 38.6. The number of fused-ring (bicyclic) bond motifs is 1. The number of nitro groups is 1. The SMILES string of the molecule is O=C1C2CC=CCC2C(=O)N1c1ccc(NCc2cccs2)c([N+](=O)[O-])c1. The van der Waals surface area contributed by atoms with Crippen LogP contribution in [0.1, 0.15) is 17.7 Å². The fourth-order valence-corrected chi connectivity index (χ4v) is 4.25. The van der Waals surface area contributed by atoms with E-state index in [0.29, 0.717) is 25.1 Å². The summed E-state index contributed by atoms with van der Waals surface area (Å²) in [5.74, 6) is -1.28. The van der Waals surface area contributed by atoms with E-state index in [0.717, 1.165) is 9.78 Å². The molecule has 1 aromatic heterocycles. The number of carbonyl (C=O) groups is 2. The maximum atomic E-state index is 12.7. The molecule has 2 aliphatic rings. The van der Waals surface area contributed by atoms with Gasteiger partial charge in [0.1, 0.15) is 5.69 Å². The van der Waals surface area contributed by atoms with Crippen LogP contribution in [0.4, 0.5) is 17.1 Å². The van der Waals surface area contributed by atoms with Gasteiger partial charge in [0.25, 0.3) is 5.69 Å². The lowest BCUT2D eigenvalue weighted by atomic mass is 9.85. The lowest BCUT2D eigenvalue weighted by Crippen LogP contribution is -2.30. The van der Waals surface area contributed by atoms with E-state index < -0.39 is 4.92 Å². The number of hydrogen-bond acceptors (Lipinski definition) is 6. The molecule has 2 unspecified atom stereocenters. The van der Waals surface area contributed by atoms with Gasteiger partial charge in [-0.05, 0) is 36.4 Å². The fraction of sp³-hybridized carbons (Fsp3) is 0.263. The highest BCUT2D eigenvalue weighted by Crippen LogP contribution is 2.39. The van der Waals surface area contributed by atoms with Crippen LogP contribution in [0, 0.1) is 22.0 Å². The number of amides is 2. The molecule has 27 heavy (non-hydrogen) atoms. The molecule has 1 N–H and O–H groups in total. The number of nitro benzene ring substituents is 1. The topological polar surface area (TPSA) is 92.6 Å². The van der Waals surface area contributed by atoms with Gasteiger partial charge in [0.15, 0.2) is 0 Å². The zero-order valence-electron chi connectivity index (χ0n) is 14.3. The first-order valence-corrected chi connectivity index (χ1v) is 9.51.